The molecular weight excluding hydrogens is 360 g/mol. The van der Waals surface area contributed by atoms with E-state index in [2.05, 4.69) is 4.90 Å². The van der Waals surface area contributed by atoms with Gasteiger partial charge in [-0.2, -0.15) is 0 Å². The minimum atomic E-state index is -1.04. The normalized spacial score (nSPS) is 14.0. The Morgan fingerprint density at radius 3 is 2.39 bits per heavy atom. The first kappa shape index (κ1) is 19.7. The number of aromatic carboxylic acids is 1. The van der Waals surface area contributed by atoms with Crippen molar-refractivity contribution in [1.29, 1.82) is 0 Å². The summed E-state index contributed by atoms with van der Waals surface area (Å²) in [6.45, 7) is 3.47. The maximum atomic E-state index is 12.7. The number of amides is 1. The van der Waals surface area contributed by atoms with E-state index in [1.54, 1.807) is 24.1 Å². The molecule has 7 nitrogen and oxygen atoms in total. The van der Waals surface area contributed by atoms with Crippen molar-refractivity contribution in [3.8, 4) is 5.75 Å². The molecule has 1 N–H and O–H groups in total. The second-order valence-electron chi connectivity index (χ2n) is 6.47. The van der Waals surface area contributed by atoms with Crippen LogP contribution in [-0.2, 0) is 4.74 Å². The first-order valence-electron chi connectivity index (χ1n) is 9.18. The van der Waals surface area contributed by atoms with Crippen LogP contribution in [0.1, 0.15) is 20.7 Å². The lowest BCUT2D eigenvalue weighted by Crippen LogP contribution is -2.48. The molecule has 3 rings (SSSR count). The van der Waals surface area contributed by atoms with E-state index in [9.17, 15) is 9.59 Å². The van der Waals surface area contributed by atoms with Crippen molar-refractivity contribution in [2.75, 3.05) is 51.4 Å². The SMILES string of the molecule is COCCOc1ccccc1N1CCN(C(=O)c2cccc(C(=O)O)c2)CC1. The number of benzene rings is 2. The molecule has 2 aromatic carbocycles. The third-order valence-corrected chi connectivity index (χ3v) is 4.67. The predicted octanol–water partition coefficient (Wildman–Crippen LogP) is 2.37. The summed E-state index contributed by atoms with van der Waals surface area (Å²) < 4.78 is 10.8. The second kappa shape index (κ2) is 9.23. The van der Waals surface area contributed by atoms with Crippen molar-refractivity contribution in [2.24, 2.45) is 0 Å². The Morgan fingerprint density at radius 1 is 0.964 bits per heavy atom. The summed E-state index contributed by atoms with van der Waals surface area (Å²) in [4.78, 5) is 27.8. The zero-order valence-corrected chi connectivity index (χ0v) is 15.8. The molecule has 1 fully saturated rings. The van der Waals surface area contributed by atoms with Crippen molar-refractivity contribution >= 4 is 17.6 Å². The number of carboxylic acids is 1. The molecule has 1 heterocycles. The fourth-order valence-corrected chi connectivity index (χ4v) is 3.19. The maximum Gasteiger partial charge on any atom is 0.335 e. The van der Waals surface area contributed by atoms with Crippen molar-refractivity contribution < 1.29 is 24.2 Å². The molecule has 0 bridgehead atoms. The van der Waals surface area contributed by atoms with Gasteiger partial charge in [0.05, 0.1) is 17.9 Å². The van der Waals surface area contributed by atoms with Gasteiger partial charge in [-0.3, -0.25) is 4.79 Å². The lowest BCUT2D eigenvalue weighted by atomic mass is 10.1. The van der Waals surface area contributed by atoms with E-state index in [4.69, 9.17) is 14.6 Å². The van der Waals surface area contributed by atoms with Crippen molar-refractivity contribution in [3.05, 3.63) is 59.7 Å². The van der Waals surface area contributed by atoms with Crippen LogP contribution in [0.4, 0.5) is 5.69 Å². The number of hydrogen-bond acceptors (Lipinski definition) is 5. The largest absolute Gasteiger partial charge is 0.489 e. The first-order chi connectivity index (χ1) is 13.6. The smallest absolute Gasteiger partial charge is 0.335 e. The highest BCUT2D eigenvalue weighted by molar-refractivity contribution is 5.97. The van der Waals surface area contributed by atoms with Crippen LogP contribution in [0.15, 0.2) is 48.5 Å². The Labute approximate surface area is 164 Å². The summed E-state index contributed by atoms with van der Waals surface area (Å²) >= 11 is 0. The molecule has 28 heavy (non-hydrogen) atoms. The molecule has 0 unspecified atom stereocenters. The standard InChI is InChI=1S/C21H24N2O5/c1-27-13-14-28-19-8-3-2-7-18(19)22-9-11-23(12-10-22)20(24)16-5-4-6-17(15-16)21(25)26/h2-8,15H,9-14H2,1H3,(H,25,26). The first-order valence-corrected chi connectivity index (χ1v) is 9.18. The highest BCUT2D eigenvalue weighted by atomic mass is 16.5. The monoisotopic (exact) mass is 384 g/mol. The zero-order valence-electron chi connectivity index (χ0n) is 15.8. The quantitative estimate of drug-likeness (QED) is 0.739. The molecule has 0 saturated carbocycles. The van der Waals surface area contributed by atoms with Gasteiger partial charge in [0, 0.05) is 38.9 Å². The van der Waals surface area contributed by atoms with Crippen LogP contribution in [0.3, 0.4) is 0 Å². The van der Waals surface area contributed by atoms with Crippen LogP contribution in [0, 0.1) is 0 Å². The van der Waals surface area contributed by atoms with Gasteiger partial charge in [-0.1, -0.05) is 18.2 Å². The van der Waals surface area contributed by atoms with Gasteiger partial charge in [0.1, 0.15) is 12.4 Å². The average Bonchev–Trinajstić information content (AvgIpc) is 2.74. The molecule has 2 aromatic rings. The topological polar surface area (TPSA) is 79.3 Å². The molecule has 148 valence electrons. The van der Waals surface area contributed by atoms with Gasteiger partial charge in [0.25, 0.3) is 5.91 Å². The number of anilines is 1. The highest BCUT2D eigenvalue weighted by Gasteiger charge is 2.24. The van der Waals surface area contributed by atoms with Gasteiger partial charge < -0.3 is 24.4 Å². The summed E-state index contributed by atoms with van der Waals surface area (Å²) in [7, 11) is 1.64. The molecule has 1 aliphatic rings. The van der Waals surface area contributed by atoms with Crippen LogP contribution < -0.4 is 9.64 Å². The fraction of sp³-hybridized carbons (Fsp3) is 0.333. The second-order valence-corrected chi connectivity index (χ2v) is 6.47. The van der Waals surface area contributed by atoms with E-state index in [1.807, 2.05) is 24.3 Å². The minimum Gasteiger partial charge on any atom is -0.489 e. The number of piperazine rings is 1. The minimum absolute atomic E-state index is 0.117. The van der Waals surface area contributed by atoms with E-state index < -0.39 is 5.97 Å². The Morgan fingerprint density at radius 2 is 1.68 bits per heavy atom. The van der Waals surface area contributed by atoms with Crippen LogP contribution in [-0.4, -0.2) is 68.4 Å². The third kappa shape index (κ3) is 4.61. The Hall–Kier alpha value is -3.06. The average molecular weight is 384 g/mol. The number of nitrogens with zero attached hydrogens (tertiary/aromatic N) is 2. The number of carboxylic acid groups (broad SMARTS) is 1. The van der Waals surface area contributed by atoms with Crippen molar-refractivity contribution in [2.45, 2.75) is 0 Å². The Balaban J connectivity index is 1.64. The van der Waals surface area contributed by atoms with Gasteiger partial charge in [0.15, 0.2) is 0 Å². The summed E-state index contributed by atoms with van der Waals surface area (Å²) in [5, 5.41) is 9.11. The highest BCUT2D eigenvalue weighted by Crippen LogP contribution is 2.29. The van der Waals surface area contributed by atoms with Gasteiger partial charge in [-0.15, -0.1) is 0 Å². The molecular formula is C21H24N2O5. The lowest BCUT2D eigenvalue weighted by molar-refractivity contribution is 0.0697. The number of ether oxygens (including phenoxy) is 2. The molecule has 0 spiro atoms. The Bertz CT molecular complexity index is 831. The molecule has 1 amide bonds. The van der Waals surface area contributed by atoms with Crippen molar-refractivity contribution in [3.63, 3.8) is 0 Å². The van der Waals surface area contributed by atoms with Crippen molar-refractivity contribution in [1.82, 2.24) is 4.90 Å². The van der Waals surface area contributed by atoms with Gasteiger partial charge in [0.2, 0.25) is 0 Å². The summed E-state index contributed by atoms with van der Waals surface area (Å²) in [6, 6.07) is 14.0. The third-order valence-electron chi connectivity index (χ3n) is 4.67. The molecule has 0 radical (unpaired) electrons. The molecule has 7 heteroatoms. The van der Waals surface area contributed by atoms with Crippen LogP contribution in [0.2, 0.25) is 0 Å². The van der Waals surface area contributed by atoms with Crippen LogP contribution in [0.5, 0.6) is 5.75 Å². The number of methoxy groups -OCH3 is 1. The van der Waals surface area contributed by atoms with Crippen LogP contribution in [0.25, 0.3) is 0 Å². The Kier molecular flexibility index (Phi) is 6.49. The van der Waals surface area contributed by atoms with E-state index in [1.165, 1.54) is 12.1 Å². The fourth-order valence-electron chi connectivity index (χ4n) is 3.19. The van der Waals surface area contributed by atoms with Gasteiger partial charge in [-0.05, 0) is 30.3 Å². The zero-order chi connectivity index (χ0) is 19.9. The number of hydrogen-bond donors (Lipinski definition) is 1. The van der Waals surface area contributed by atoms with E-state index >= 15 is 0 Å². The van der Waals surface area contributed by atoms with E-state index in [0.29, 0.717) is 45.0 Å². The van der Waals surface area contributed by atoms with E-state index in [0.717, 1.165) is 11.4 Å². The summed E-state index contributed by atoms with van der Waals surface area (Å²) in [5.41, 5.74) is 1.52. The number of para-hydroxylation sites is 2. The number of carbonyl (C=O) groups is 2. The number of carbonyl (C=O) groups excluding carboxylic acids is 1. The molecule has 0 aliphatic carbocycles. The molecule has 1 saturated heterocycles. The molecule has 0 aromatic heterocycles. The van der Waals surface area contributed by atoms with Gasteiger partial charge >= 0.3 is 5.97 Å². The molecule has 0 atom stereocenters. The molecule has 1 aliphatic heterocycles. The predicted molar refractivity (Wildman–Crippen MR) is 105 cm³/mol. The van der Waals surface area contributed by atoms with Gasteiger partial charge in [-0.25, -0.2) is 4.79 Å². The van der Waals surface area contributed by atoms with E-state index in [-0.39, 0.29) is 11.5 Å². The lowest BCUT2D eigenvalue weighted by Gasteiger charge is -2.36. The number of rotatable bonds is 7. The summed E-state index contributed by atoms with van der Waals surface area (Å²) in [5.74, 6) is -0.384. The summed E-state index contributed by atoms with van der Waals surface area (Å²) in [6.07, 6.45) is 0. The van der Waals surface area contributed by atoms with Crippen LogP contribution >= 0.6 is 0 Å². The maximum absolute atomic E-state index is 12.7.